The van der Waals surface area contributed by atoms with Crippen LogP contribution in [0.15, 0.2) is 17.4 Å². The summed E-state index contributed by atoms with van der Waals surface area (Å²) in [7, 11) is 1.67. The van der Waals surface area contributed by atoms with Crippen LogP contribution in [0.2, 0.25) is 0 Å². The molecule has 0 aliphatic carbocycles. The zero-order chi connectivity index (χ0) is 15.0. The van der Waals surface area contributed by atoms with E-state index in [0.29, 0.717) is 30.8 Å². The van der Waals surface area contributed by atoms with E-state index in [2.05, 4.69) is 33.9 Å². The summed E-state index contributed by atoms with van der Waals surface area (Å²) in [6, 6.07) is 1.94. The van der Waals surface area contributed by atoms with Crippen LogP contribution in [0.4, 0.5) is 5.95 Å². The number of aromatic nitrogens is 2. The molecule has 1 rings (SSSR count). The standard InChI is InChI=1S/C13H23N5O2/c1-4-10(5-2)18(8-9-20-3)13-15-7-6-11(16-13)12(14)17-19/h6-7,10,19H,4-5,8-9H2,1-3H3,(H2,14,17). The summed E-state index contributed by atoms with van der Waals surface area (Å²) in [4.78, 5) is 10.7. The van der Waals surface area contributed by atoms with Crippen LogP contribution in [0, 0.1) is 0 Å². The molecule has 0 aliphatic rings. The van der Waals surface area contributed by atoms with E-state index in [4.69, 9.17) is 15.7 Å². The maximum atomic E-state index is 8.73. The summed E-state index contributed by atoms with van der Waals surface area (Å²) < 4.78 is 5.15. The largest absolute Gasteiger partial charge is 0.409 e. The smallest absolute Gasteiger partial charge is 0.226 e. The molecule has 112 valence electrons. The number of nitrogens with two attached hydrogens (primary N) is 1. The predicted molar refractivity (Wildman–Crippen MR) is 78.1 cm³/mol. The second kappa shape index (κ2) is 8.31. The van der Waals surface area contributed by atoms with Gasteiger partial charge in [0.05, 0.1) is 6.61 Å². The fourth-order valence-electron chi connectivity index (χ4n) is 2.05. The van der Waals surface area contributed by atoms with Gasteiger partial charge in [-0.05, 0) is 18.9 Å². The average molecular weight is 281 g/mol. The molecule has 1 aromatic heterocycles. The summed E-state index contributed by atoms with van der Waals surface area (Å²) in [5.41, 5.74) is 5.98. The fraction of sp³-hybridized carbons (Fsp3) is 0.615. The zero-order valence-electron chi connectivity index (χ0n) is 12.3. The van der Waals surface area contributed by atoms with Crippen molar-refractivity contribution in [2.75, 3.05) is 25.2 Å². The van der Waals surface area contributed by atoms with Gasteiger partial charge in [0.2, 0.25) is 5.95 Å². The molecule has 0 saturated carbocycles. The van der Waals surface area contributed by atoms with Gasteiger partial charge in [0.15, 0.2) is 5.84 Å². The maximum Gasteiger partial charge on any atom is 0.226 e. The number of anilines is 1. The van der Waals surface area contributed by atoms with Gasteiger partial charge in [0.25, 0.3) is 0 Å². The van der Waals surface area contributed by atoms with Crippen LogP contribution >= 0.6 is 0 Å². The minimum absolute atomic E-state index is 0.0233. The van der Waals surface area contributed by atoms with Crippen molar-refractivity contribution in [3.05, 3.63) is 18.0 Å². The second-order valence-electron chi connectivity index (χ2n) is 4.38. The zero-order valence-corrected chi connectivity index (χ0v) is 12.3. The number of hydrogen-bond donors (Lipinski definition) is 2. The monoisotopic (exact) mass is 281 g/mol. The number of oxime groups is 1. The highest BCUT2D eigenvalue weighted by molar-refractivity contribution is 5.95. The Labute approximate surface area is 119 Å². The number of amidine groups is 1. The van der Waals surface area contributed by atoms with Crippen LogP contribution in [0.1, 0.15) is 32.4 Å². The normalized spacial score (nSPS) is 11.9. The highest BCUT2D eigenvalue weighted by Crippen LogP contribution is 2.16. The molecule has 7 nitrogen and oxygen atoms in total. The van der Waals surface area contributed by atoms with E-state index >= 15 is 0 Å². The van der Waals surface area contributed by atoms with Crippen molar-refractivity contribution in [2.45, 2.75) is 32.7 Å². The van der Waals surface area contributed by atoms with Crippen LogP contribution < -0.4 is 10.6 Å². The first-order chi connectivity index (χ1) is 9.67. The van der Waals surface area contributed by atoms with Gasteiger partial charge >= 0.3 is 0 Å². The first-order valence-electron chi connectivity index (χ1n) is 6.74. The topological polar surface area (TPSA) is 96.9 Å². The molecule has 0 radical (unpaired) electrons. The number of rotatable bonds is 8. The SMILES string of the molecule is CCC(CC)N(CCOC)c1nccc(/C(N)=N/O)n1. The van der Waals surface area contributed by atoms with Crippen LogP contribution in [-0.4, -0.2) is 47.3 Å². The Morgan fingerprint density at radius 1 is 1.50 bits per heavy atom. The quantitative estimate of drug-likeness (QED) is 0.322. The molecule has 7 heteroatoms. The molecule has 3 N–H and O–H groups in total. The molecule has 0 bridgehead atoms. The molecule has 1 heterocycles. The van der Waals surface area contributed by atoms with Gasteiger partial charge in [-0.1, -0.05) is 19.0 Å². The van der Waals surface area contributed by atoms with Gasteiger partial charge in [-0.25, -0.2) is 9.97 Å². The lowest BCUT2D eigenvalue weighted by atomic mass is 10.1. The molecule has 0 fully saturated rings. The molecule has 0 amide bonds. The van der Waals surface area contributed by atoms with Gasteiger partial charge in [-0.3, -0.25) is 0 Å². The van der Waals surface area contributed by atoms with Crippen LogP contribution in [0.3, 0.4) is 0 Å². The number of ether oxygens (including phenoxy) is 1. The molecule has 0 spiro atoms. The van der Waals surface area contributed by atoms with Gasteiger partial charge < -0.3 is 20.6 Å². The Balaban J connectivity index is 3.06. The van der Waals surface area contributed by atoms with Crippen LogP contribution in [-0.2, 0) is 4.74 Å². The van der Waals surface area contributed by atoms with E-state index in [9.17, 15) is 0 Å². The molecule has 20 heavy (non-hydrogen) atoms. The lowest BCUT2D eigenvalue weighted by molar-refractivity contribution is 0.202. The molecule has 0 saturated heterocycles. The summed E-state index contributed by atoms with van der Waals surface area (Å²) in [5, 5.41) is 11.7. The fourth-order valence-corrected chi connectivity index (χ4v) is 2.05. The highest BCUT2D eigenvalue weighted by atomic mass is 16.5. The van der Waals surface area contributed by atoms with Crippen molar-refractivity contribution in [1.82, 2.24) is 9.97 Å². The van der Waals surface area contributed by atoms with E-state index in [1.54, 1.807) is 19.4 Å². The molecule has 0 aromatic carbocycles. The molecule has 1 aromatic rings. The van der Waals surface area contributed by atoms with Crippen LogP contribution in [0.25, 0.3) is 0 Å². The van der Waals surface area contributed by atoms with Crippen molar-refractivity contribution < 1.29 is 9.94 Å². The van der Waals surface area contributed by atoms with Crippen molar-refractivity contribution in [1.29, 1.82) is 0 Å². The van der Waals surface area contributed by atoms with Gasteiger partial charge in [0, 0.05) is 25.9 Å². The van der Waals surface area contributed by atoms with Crippen molar-refractivity contribution in [3.63, 3.8) is 0 Å². The Morgan fingerprint density at radius 3 is 2.75 bits per heavy atom. The minimum Gasteiger partial charge on any atom is -0.409 e. The summed E-state index contributed by atoms with van der Waals surface area (Å²) in [5.74, 6) is 0.546. The first-order valence-corrected chi connectivity index (χ1v) is 6.74. The number of hydrogen-bond acceptors (Lipinski definition) is 6. The van der Waals surface area contributed by atoms with Crippen molar-refractivity contribution in [2.24, 2.45) is 10.9 Å². The third-order valence-electron chi connectivity index (χ3n) is 3.19. The summed E-state index contributed by atoms with van der Waals surface area (Å²) >= 11 is 0. The number of nitrogens with zero attached hydrogens (tertiary/aromatic N) is 4. The Morgan fingerprint density at radius 2 is 2.20 bits per heavy atom. The summed E-state index contributed by atoms with van der Waals surface area (Å²) in [6.07, 6.45) is 3.58. The van der Waals surface area contributed by atoms with E-state index in [0.717, 1.165) is 12.8 Å². The van der Waals surface area contributed by atoms with Crippen molar-refractivity contribution >= 4 is 11.8 Å². The van der Waals surface area contributed by atoms with E-state index in [-0.39, 0.29) is 5.84 Å². The van der Waals surface area contributed by atoms with Crippen LogP contribution in [0.5, 0.6) is 0 Å². The molecule has 0 aliphatic heterocycles. The van der Waals surface area contributed by atoms with Gasteiger partial charge in [0.1, 0.15) is 5.69 Å². The Bertz CT molecular complexity index is 435. The summed E-state index contributed by atoms with van der Waals surface area (Å²) in [6.45, 7) is 5.54. The van der Waals surface area contributed by atoms with E-state index in [1.807, 2.05) is 0 Å². The minimum atomic E-state index is -0.0233. The lowest BCUT2D eigenvalue weighted by Gasteiger charge is -2.30. The third-order valence-corrected chi connectivity index (χ3v) is 3.19. The lowest BCUT2D eigenvalue weighted by Crippen LogP contribution is -2.38. The van der Waals surface area contributed by atoms with Gasteiger partial charge in [-0.15, -0.1) is 0 Å². The Kier molecular flexibility index (Phi) is 6.72. The molecular formula is C13H23N5O2. The molecule has 0 atom stereocenters. The predicted octanol–water partition coefficient (Wildman–Crippen LogP) is 1.21. The third kappa shape index (κ3) is 4.06. The number of methoxy groups -OCH3 is 1. The average Bonchev–Trinajstić information content (AvgIpc) is 2.50. The maximum absolute atomic E-state index is 8.73. The second-order valence-corrected chi connectivity index (χ2v) is 4.38. The first kappa shape index (κ1) is 16.2. The Hall–Kier alpha value is -1.89. The highest BCUT2D eigenvalue weighted by Gasteiger charge is 2.18. The molecular weight excluding hydrogens is 258 g/mol. The van der Waals surface area contributed by atoms with E-state index in [1.165, 1.54) is 0 Å². The molecule has 0 unspecified atom stereocenters. The van der Waals surface area contributed by atoms with Gasteiger partial charge in [-0.2, -0.15) is 0 Å². The van der Waals surface area contributed by atoms with E-state index < -0.39 is 0 Å². The van der Waals surface area contributed by atoms with Crippen molar-refractivity contribution in [3.8, 4) is 0 Å².